The molecule has 3 rings (SSSR count). The molecule has 1 fully saturated rings. The van der Waals surface area contributed by atoms with Crippen molar-refractivity contribution in [3.63, 3.8) is 0 Å². The van der Waals surface area contributed by atoms with Gasteiger partial charge in [0.05, 0.1) is 6.04 Å². The van der Waals surface area contributed by atoms with Crippen LogP contribution in [0.5, 0.6) is 0 Å². The standard InChI is InChI=1S/C19H23NO2/c1-19(2,3)22-18(21)20-12-6-9-17(20)16-11-10-14-7-4-5-8-15(14)13-16/h4-5,7-8,10-11,13,17H,6,9,12H2,1-3H3/t17-/m1/s1. The molecule has 1 saturated heterocycles. The molecule has 0 spiro atoms. The van der Waals surface area contributed by atoms with E-state index < -0.39 is 5.60 Å². The van der Waals surface area contributed by atoms with Crippen LogP contribution in [-0.4, -0.2) is 23.1 Å². The van der Waals surface area contributed by atoms with Gasteiger partial charge in [-0.1, -0.05) is 36.4 Å². The van der Waals surface area contributed by atoms with Gasteiger partial charge in [-0.3, -0.25) is 0 Å². The fourth-order valence-electron chi connectivity index (χ4n) is 3.07. The lowest BCUT2D eigenvalue weighted by atomic mass is 10.0. The Morgan fingerprint density at radius 2 is 1.86 bits per heavy atom. The highest BCUT2D eigenvalue weighted by atomic mass is 16.6. The maximum Gasteiger partial charge on any atom is 0.410 e. The molecule has 1 heterocycles. The summed E-state index contributed by atoms with van der Waals surface area (Å²) in [4.78, 5) is 14.3. The van der Waals surface area contributed by atoms with Crippen LogP contribution < -0.4 is 0 Å². The maximum absolute atomic E-state index is 12.4. The number of hydrogen-bond donors (Lipinski definition) is 0. The minimum atomic E-state index is -0.451. The Morgan fingerprint density at radius 3 is 2.59 bits per heavy atom. The monoisotopic (exact) mass is 297 g/mol. The fourth-order valence-corrected chi connectivity index (χ4v) is 3.07. The van der Waals surface area contributed by atoms with Gasteiger partial charge in [0.2, 0.25) is 0 Å². The Kier molecular flexibility index (Phi) is 3.81. The summed E-state index contributed by atoms with van der Waals surface area (Å²) in [6, 6.07) is 14.9. The molecular weight excluding hydrogens is 274 g/mol. The molecule has 0 unspecified atom stereocenters. The first kappa shape index (κ1) is 14.9. The van der Waals surface area contributed by atoms with Crippen LogP contribution in [0.4, 0.5) is 4.79 Å². The van der Waals surface area contributed by atoms with Gasteiger partial charge in [0.1, 0.15) is 5.60 Å². The highest BCUT2D eigenvalue weighted by molar-refractivity contribution is 5.83. The van der Waals surface area contributed by atoms with Crippen molar-refractivity contribution in [1.82, 2.24) is 4.90 Å². The first-order chi connectivity index (χ1) is 10.4. The number of likely N-dealkylation sites (tertiary alicyclic amines) is 1. The van der Waals surface area contributed by atoms with Crippen molar-refractivity contribution in [2.45, 2.75) is 45.3 Å². The van der Waals surface area contributed by atoms with Crippen molar-refractivity contribution in [1.29, 1.82) is 0 Å². The summed E-state index contributed by atoms with van der Waals surface area (Å²) in [5, 5.41) is 2.45. The number of rotatable bonds is 1. The van der Waals surface area contributed by atoms with E-state index in [2.05, 4.69) is 30.3 Å². The Bertz CT molecular complexity index is 687. The minimum absolute atomic E-state index is 0.124. The zero-order chi connectivity index (χ0) is 15.7. The molecule has 1 amide bonds. The van der Waals surface area contributed by atoms with E-state index in [1.54, 1.807) is 0 Å². The predicted molar refractivity (Wildman–Crippen MR) is 88.9 cm³/mol. The first-order valence-electron chi connectivity index (χ1n) is 7.92. The number of benzene rings is 2. The average Bonchev–Trinajstić information content (AvgIpc) is 2.94. The lowest BCUT2D eigenvalue weighted by Gasteiger charge is -2.29. The number of ether oxygens (including phenoxy) is 1. The molecule has 2 aromatic rings. The van der Waals surface area contributed by atoms with Crippen LogP contribution in [0.15, 0.2) is 42.5 Å². The van der Waals surface area contributed by atoms with Crippen LogP contribution in [0.2, 0.25) is 0 Å². The van der Waals surface area contributed by atoms with Gasteiger partial charge in [-0.15, -0.1) is 0 Å². The molecule has 1 aliphatic rings. The van der Waals surface area contributed by atoms with Crippen LogP contribution >= 0.6 is 0 Å². The van der Waals surface area contributed by atoms with Crippen molar-refractivity contribution in [3.8, 4) is 0 Å². The molecule has 3 heteroatoms. The molecule has 0 saturated carbocycles. The van der Waals surface area contributed by atoms with Crippen molar-refractivity contribution in [2.24, 2.45) is 0 Å². The smallest absolute Gasteiger partial charge is 0.410 e. The Labute approximate surface area is 131 Å². The first-order valence-corrected chi connectivity index (χ1v) is 7.92. The number of fused-ring (bicyclic) bond motifs is 1. The number of hydrogen-bond acceptors (Lipinski definition) is 2. The Balaban J connectivity index is 1.86. The van der Waals surface area contributed by atoms with Gasteiger partial charge in [-0.25, -0.2) is 4.79 Å². The summed E-state index contributed by atoms with van der Waals surface area (Å²) in [6.07, 6.45) is 1.82. The van der Waals surface area contributed by atoms with Gasteiger partial charge in [0, 0.05) is 6.54 Å². The van der Waals surface area contributed by atoms with Crippen molar-refractivity contribution in [3.05, 3.63) is 48.0 Å². The molecule has 0 radical (unpaired) electrons. The largest absolute Gasteiger partial charge is 0.444 e. The lowest BCUT2D eigenvalue weighted by Crippen LogP contribution is -2.36. The molecular formula is C19H23NO2. The Morgan fingerprint density at radius 1 is 1.14 bits per heavy atom. The lowest BCUT2D eigenvalue weighted by molar-refractivity contribution is 0.0224. The van der Waals surface area contributed by atoms with Crippen LogP contribution in [-0.2, 0) is 4.74 Å². The van der Waals surface area contributed by atoms with E-state index in [1.165, 1.54) is 16.3 Å². The van der Waals surface area contributed by atoms with E-state index >= 15 is 0 Å². The number of carbonyl (C=O) groups excluding carboxylic acids is 1. The fraction of sp³-hybridized carbons (Fsp3) is 0.421. The second kappa shape index (κ2) is 5.64. The molecule has 22 heavy (non-hydrogen) atoms. The molecule has 0 bridgehead atoms. The summed E-state index contributed by atoms with van der Waals surface area (Å²) >= 11 is 0. The zero-order valence-corrected chi connectivity index (χ0v) is 13.5. The van der Waals surface area contributed by atoms with Crippen molar-refractivity contribution in [2.75, 3.05) is 6.54 Å². The van der Waals surface area contributed by atoms with Gasteiger partial charge in [-0.2, -0.15) is 0 Å². The van der Waals surface area contributed by atoms with Crippen LogP contribution in [0.25, 0.3) is 10.8 Å². The summed E-state index contributed by atoms with van der Waals surface area (Å²) in [7, 11) is 0. The second-order valence-electron chi connectivity index (χ2n) is 6.94. The highest BCUT2D eigenvalue weighted by Gasteiger charge is 2.33. The topological polar surface area (TPSA) is 29.5 Å². The van der Waals surface area contributed by atoms with E-state index in [-0.39, 0.29) is 12.1 Å². The molecule has 2 aromatic carbocycles. The highest BCUT2D eigenvalue weighted by Crippen LogP contribution is 2.34. The Hall–Kier alpha value is -2.03. The summed E-state index contributed by atoms with van der Waals surface area (Å²) in [6.45, 7) is 6.50. The van der Waals surface area contributed by atoms with Gasteiger partial charge < -0.3 is 9.64 Å². The molecule has 0 aromatic heterocycles. The van der Waals surface area contributed by atoms with Crippen molar-refractivity contribution >= 4 is 16.9 Å². The minimum Gasteiger partial charge on any atom is -0.444 e. The molecule has 1 atom stereocenters. The van der Waals surface area contributed by atoms with E-state index in [4.69, 9.17) is 4.74 Å². The molecule has 0 aliphatic carbocycles. The van der Waals surface area contributed by atoms with Gasteiger partial charge in [0.25, 0.3) is 0 Å². The van der Waals surface area contributed by atoms with E-state index in [0.29, 0.717) is 0 Å². The molecule has 1 aliphatic heterocycles. The number of nitrogens with zero attached hydrogens (tertiary/aromatic N) is 1. The van der Waals surface area contributed by atoms with E-state index in [9.17, 15) is 4.79 Å². The van der Waals surface area contributed by atoms with Crippen LogP contribution in [0.1, 0.15) is 45.2 Å². The van der Waals surface area contributed by atoms with E-state index in [1.807, 2.05) is 37.8 Å². The van der Waals surface area contributed by atoms with Crippen molar-refractivity contribution < 1.29 is 9.53 Å². The number of carbonyl (C=O) groups is 1. The third kappa shape index (κ3) is 3.08. The summed E-state index contributed by atoms with van der Waals surface area (Å²) in [5.74, 6) is 0. The van der Waals surface area contributed by atoms with Crippen LogP contribution in [0.3, 0.4) is 0 Å². The van der Waals surface area contributed by atoms with Gasteiger partial charge >= 0.3 is 6.09 Å². The third-order valence-corrected chi connectivity index (χ3v) is 4.04. The SMILES string of the molecule is CC(C)(C)OC(=O)N1CCC[C@@H]1c1ccc2ccccc2c1. The quantitative estimate of drug-likeness (QED) is 0.748. The molecule has 3 nitrogen and oxygen atoms in total. The third-order valence-electron chi connectivity index (χ3n) is 4.04. The summed E-state index contributed by atoms with van der Waals surface area (Å²) < 4.78 is 5.55. The number of amides is 1. The van der Waals surface area contributed by atoms with Gasteiger partial charge in [-0.05, 0) is 56.0 Å². The normalized spacial score (nSPS) is 18.7. The van der Waals surface area contributed by atoms with Gasteiger partial charge in [0.15, 0.2) is 0 Å². The summed E-state index contributed by atoms with van der Waals surface area (Å²) in [5.41, 5.74) is 0.746. The van der Waals surface area contributed by atoms with E-state index in [0.717, 1.165) is 19.4 Å². The zero-order valence-electron chi connectivity index (χ0n) is 13.5. The maximum atomic E-state index is 12.4. The average molecular weight is 297 g/mol. The van der Waals surface area contributed by atoms with Crippen LogP contribution in [0, 0.1) is 0 Å². The predicted octanol–water partition coefficient (Wildman–Crippen LogP) is 4.91. The molecule has 116 valence electrons. The second-order valence-corrected chi connectivity index (χ2v) is 6.94. The molecule has 0 N–H and O–H groups in total.